The van der Waals surface area contributed by atoms with Crippen LogP contribution in [0.3, 0.4) is 0 Å². The first-order valence-corrected chi connectivity index (χ1v) is 6.05. The van der Waals surface area contributed by atoms with E-state index < -0.39 is 0 Å². The van der Waals surface area contributed by atoms with E-state index in [0.29, 0.717) is 13.2 Å². The molecule has 1 unspecified atom stereocenters. The molecule has 0 aliphatic carbocycles. The lowest BCUT2D eigenvalue weighted by atomic mass is 10.1. The smallest absolute Gasteiger partial charge is 0.124 e. The standard InChI is InChI=1S/C14H23NO2/c1-5-16-13-9-7-6-8-11(13)12(15)10-17-14(2,3)4/h6-9,12H,5,10,15H2,1-4H3. The van der Waals surface area contributed by atoms with E-state index in [0.717, 1.165) is 11.3 Å². The summed E-state index contributed by atoms with van der Waals surface area (Å²) >= 11 is 0. The first kappa shape index (κ1) is 14.0. The van der Waals surface area contributed by atoms with Crippen molar-refractivity contribution < 1.29 is 9.47 Å². The molecule has 3 heteroatoms. The maximum absolute atomic E-state index is 6.13. The van der Waals surface area contributed by atoms with Gasteiger partial charge in [-0.2, -0.15) is 0 Å². The van der Waals surface area contributed by atoms with E-state index in [1.807, 2.05) is 52.0 Å². The number of hydrogen-bond donors (Lipinski definition) is 1. The Hall–Kier alpha value is -1.06. The van der Waals surface area contributed by atoms with E-state index in [1.54, 1.807) is 0 Å². The maximum Gasteiger partial charge on any atom is 0.124 e. The van der Waals surface area contributed by atoms with Crippen LogP contribution in [0.15, 0.2) is 24.3 Å². The van der Waals surface area contributed by atoms with E-state index >= 15 is 0 Å². The molecular formula is C14H23NO2. The SMILES string of the molecule is CCOc1ccccc1C(N)COC(C)(C)C. The molecule has 0 heterocycles. The molecule has 0 aromatic heterocycles. The summed E-state index contributed by atoms with van der Waals surface area (Å²) in [5.74, 6) is 0.847. The molecule has 2 N–H and O–H groups in total. The van der Waals surface area contributed by atoms with Crippen molar-refractivity contribution in [2.45, 2.75) is 39.3 Å². The first-order valence-electron chi connectivity index (χ1n) is 6.05. The number of para-hydroxylation sites is 1. The van der Waals surface area contributed by atoms with Gasteiger partial charge in [-0.15, -0.1) is 0 Å². The fourth-order valence-corrected chi connectivity index (χ4v) is 1.50. The molecule has 1 aromatic carbocycles. The van der Waals surface area contributed by atoms with Gasteiger partial charge >= 0.3 is 0 Å². The van der Waals surface area contributed by atoms with Crippen LogP contribution in [-0.2, 0) is 4.74 Å². The van der Waals surface area contributed by atoms with E-state index in [1.165, 1.54) is 0 Å². The Morgan fingerprint density at radius 2 is 1.88 bits per heavy atom. The molecule has 0 amide bonds. The van der Waals surface area contributed by atoms with Crippen molar-refractivity contribution in [3.05, 3.63) is 29.8 Å². The molecule has 0 saturated heterocycles. The largest absolute Gasteiger partial charge is 0.494 e. The molecule has 1 rings (SSSR count). The predicted octanol–water partition coefficient (Wildman–Crippen LogP) is 2.90. The highest BCUT2D eigenvalue weighted by atomic mass is 16.5. The van der Waals surface area contributed by atoms with E-state index in [9.17, 15) is 0 Å². The van der Waals surface area contributed by atoms with E-state index in [2.05, 4.69) is 0 Å². The number of nitrogens with two attached hydrogens (primary N) is 1. The maximum atomic E-state index is 6.13. The van der Waals surface area contributed by atoms with Crippen LogP contribution in [0, 0.1) is 0 Å². The van der Waals surface area contributed by atoms with Crippen LogP contribution in [0.25, 0.3) is 0 Å². The molecule has 0 spiro atoms. The van der Waals surface area contributed by atoms with Gasteiger partial charge in [-0.05, 0) is 33.8 Å². The highest BCUT2D eigenvalue weighted by Gasteiger charge is 2.16. The normalized spacial score (nSPS) is 13.5. The number of rotatable bonds is 5. The lowest BCUT2D eigenvalue weighted by Gasteiger charge is -2.23. The van der Waals surface area contributed by atoms with Crippen LogP contribution < -0.4 is 10.5 Å². The minimum Gasteiger partial charge on any atom is -0.494 e. The zero-order valence-corrected chi connectivity index (χ0v) is 11.2. The van der Waals surface area contributed by atoms with Crippen LogP contribution in [-0.4, -0.2) is 18.8 Å². The van der Waals surface area contributed by atoms with Gasteiger partial charge in [0.2, 0.25) is 0 Å². The summed E-state index contributed by atoms with van der Waals surface area (Å²) in [6.45, 7) is 9.17. The lowest BCUT2D eigenvalue weighted by molar-refractivity contribution is -0.0105. The van der Waals surface area contributed by atoms with Crippen LogP contribution in [0.1, 0.15) is 39.3 Å². The summed E-state index contributed by atoms with van der Waals surface area (Å²) in [5.41, 5.74) is 6.96. The highest BCUT2D eigenvalue weighted by molar-refractivity contribution is 5.35. The average molecular weight is 237 g/mol. The average Bonchev–Trinajstić information content (AvgIpc) is 2.26. The molecule has 0 radical (unpaired) electrons. The number of benzene rings is 1. The monoisotopic (exact) mass is 237 g/mol. The molecule has 3 nitrogen and oxygen atoms in total. The lowest BCUT2D eigenvalue weighted by Crippen LogP contribution is -2.26. The van der Waals surface area contributed by atoms with E-state index in [-0.39, 0.29) is 11.6 Å². The van der Waals surface area contributed by atoms with Crippen molar-refractivity contribution in [1.82, 2.24) is 0 Å². The first-order chi connectivity index (χ1) is 7.94. The van der Waals surface area contributed by atoms with Crippen LogP contribution in [0.2, 0.25) is 0 Å². The van der Waals surface area contributed by atoms with Crippen LogP contribution in [0.5, 0.6) is 5.75 Å². The molecule has 1 aromatic rings. The van der Waals surface area contributed by atoms with Crippen molar-refractivity contribution in [2.75, 3.05) is 13.2 Å². The summed E-state index contributed by atoms with van der Waals surface area (Å²) in [6.07, 6.45) is 0. The van der Waals surface area contributed by atoms with Gasteiger partial charge in [-0.25, -0.2) is 0 Å². The zero-order valence-electron chi connectivity index (χ0n) is 11.2. The van der Waals surface area contributed by atoms with Gasteiger partial charge in [-0.1, -0.05) is 18.2 Å². The zero-order chi connectivity index (χ0) is 12.9. The Morgan fingerprint density at radius 3 is 2.47 bits per heavy atom. The second-order valence-electron chi connectivity index (χ2n) is 5.00. The second-order valence-corrected chi connectivity index (χ2v) is 5.00. The molecule has 0 bridgehead atoms. The summed E-state index contributed by atoms with van der Waals surface area (Å²) in [6, 6.07) is 7.69. The van der Waals surface area contributed by atoms with Crippen molar-refractivity contribution in [3.63, 3.8) is 0 Å². The molecular weight excluding hydrogens is 214 g/mol. The van der Waals surface area contributed by atoms with Gasteiger partial charge in [0, 0.05) is 5.56 Å². The van der Waals surface area contributed by atoms with Gasteiger partial charge in [0.25, 0.3) is 0 Å². The Morgan fingerprint density at radius 1 is 1.24 bits per heavy atom. The van der Waals surface area contributed by atoms with E-state index in [4.69, 9.17) is 15.2 Å². The fourth-order valence-electron chi connectivity index (χ4n) is 1.50. The second kappa shape index (κ2) is 6.03. The summed E-state index contributed by atoms with van der Waals surface area (Å²) in [7, 11) is 0. The van der Waals surface area contributed by atoms with Crippen LogP contribution in [0.4, 0.5) is 0 Å². The predicted molar refractivity (Wildman–Crippen MR) is 70.2 cm³/mol. The minimum absolute atomic E-state index is 0.156. The summed E-state index contributed by atoms with van der Waals surface area (Å²) in [4.78, 5) is 0. The van der Waals surface area contributed by atoms with Crippen molar-refractivity contribution in [3.8, 4) is 5.75 Å². The van der Waals surface area contributed by atoms with Crippen molar-refractivity contribution in [1.29, 1.82) is 0 Å². The fraction of sp³-hybridized carbons (Fsp3) is 0.571. The minimum atomic E-state index is -0.168. The van der Waals surface area contributed by atoms with Crippen LogP contribution >= 0.6 is 0 Å². The van der Waals surface area contributed by atoms with Crippen molar-refractivity contribution >= 4 is 0 Å². The molecule has 17 heavy (non-hydrogen) atoms. The molecule has 0 saturated carbocycles. The Bertz CT molecular complexity index is 344. The Labute approximate surface area is 104 Å². The number of ether oxygens (including phenoxy) is 2. The summed E-state index contributed by atoms with van der Waals surface area (Å²) in [5, 5.41) is 0. The Kier molecular flexibility index (Phi) is 4.97. The van der Waals surface area contributed by atoms with Gasteiger partial charge in [-0.3, -0.25) is 0 Å². The number of hydrogen-bond acceptors (Lipinski definition) is 3. The molecule has 0 aliphatic heterocycles. The van der Waals surface area contributed by atoms with Gasteiger partial charge in [0.05, 0.1) is 24.9 Å². The van der Waals surface area contributed by atoms with Gasteiger partial charge < -0.3 is 15.2 Å². The molecule has 96 valence electrons. The highest BCUT2D eigenvalue weighted by Crippen LogP contribution is 2.24. The third-order valence-electron chi connectivity index (χ3n) is 2.31. The molecule has 1 atom stereocenters. The van der Waals surface area contributed by atoms with Crippen molar-refractivity contribution in [2.24, 2.45) is 5.73 Å². The topological polar surface area (TPSA) is 44.5 Å². The van der Waals surface area contributed by atoms with Gasteiger partial charge in [0.1, 0.15) is 5.75 Å². The van der Waals surface area contributed by atoms with Gasteiger partial charge in [0.15, 0.2) is 0 Å². The third kappa shape index (κ3) is 4.75. The summed E-state index contributed by atoms with van der Waals surface area (Å²) < 4.78 is 11.3. The molecule has 0 aliphatic rings. The third-order valence-corrected chi connectivity index (χ3v) is 2.31. The Balaban J connectivity index is 2.70. The quantitative estimate of drug-likeness (QED) is 0.856. The molecule has 0 fully saturated rings.